The number of hydrogen-bond acceptors (Lipinski definition) is 1. The first-order chi connectivity index (χ1) is 10.3. The highest BCUT2D eigenvalue weighted by atomic mass is 127. The summed E-state index contributed by atoms with van der Waals surface area (Å²) in [6.45, 7) is 0. The van der Waals surface area contributed by atoms with Gasteiger partial charge in [0.2, 0.25) is 0 Å². The summed E-state index contributed by atoms with van der Waals surface area (Å²) in [7, 11) is 0. The van der Waals surface area contributed by atoms with Crippen LogP contribution >= 0.6 is 57.4 Å². The second-order valence-corrected chi connectivity index (χ2v) is 6.57. The molecule has 0 amide bonds. The first-order valence-electron chi connectivity index (χ1n) is 5.67. The quantitative estimate of drug-likeness (QED) is 0.122. The van der Waals surface area contributed by atoms with E-state index < -0.39 is 23.3 Å². The summed E-state index contributed by atoms with van der Waals surface area (Å²) >= 11 is 7.72. The van der Waals surface area contributed by atoms with Crippen molar-refractivity contribution in [2.45, 2.75) is 0 Å². The zero-order chi connectivity index (χ0) is 16.4. The second-order valence-electron chi connectivity index (χ2n) is 4.01. The summed E-state index contributed by atoms with van der Waals surface area (Å²) < 4.78 is 50.3. The minimum absolute atomic E-state index is 0.246. The van der Waals surface area contributed by atoms with Crippen LogP contribution < -0.4 is 0 Å². The van der Waals surface area contributed by atoms with Crippen LogP contribution in [0.2, 0.25) is 0 Å². The number of nitrogens with one attached hydrogen (secondary N) is 2. The number of benzene rings is 2. The average Bonchev–Trinajstić information content (AvgIpc) is 2.90. The summed E-state index contributed by atoms with van der Waals surface area (Å²) in [5.74, 6) is -6.23. The van der Waals surface area contributed by atoms with Crippen LogP contribution in [0.25, 0.3) is 11.0 Å². The number of hydrogen-bond donors (Lipinski definition) is 2. The van der Waals surface area contributed by atoms with Crippen LogP contribution in [0.5, 0.6) is 0 Å². The normalized spacial score (nSPS) is 10.5. The van der Waals surface area contributed by atoms with E-state index in [0.29, 0.717) is 4.77 Å². The van der Waals surface area contributed by atoms with Crippen molar-refractivity contribution >= 4 is 68.4 Å². The van der Waals surface area contributed by atoms with Gasteiger partial charge in [-0.15, -0.1) is 0 Å². The molecule has 0 aliphatic rings. The van der Waals surface area contributed by atoms with E-state index in [1.165, 1.54) is 45.2 Å². The van der Waals surface area contributed by atoms with Crippen molar-refractivity contribution in [2.75, 3.05) is 0 Å². The van der Waals surface area contributed by atoms with Crippen LogP contribution in [0.15, 0.2) is 24.3 Å². The fraction of sp³-hybridized carbons (Fsp3) is 0. The Morgan fingerprint density at radius 3 is 1.45 bits per heavy atom. The summed E-state index contributed by atoms with van der Waals surface area (Å²) in [6, 6.07) is 7.92. The molecule has 0 saturated carbocycles. The van der Waals surface area contributed by atoms with Crippen LogP contribution in [0.1, 0.15) is 0 Å². The Morgan fingerprint density at radius 2 is 1.09 bits per heavy atom. The molecule has 3 aromatic rings. The van der Waals surface area contributed by atoms with Crippen LogP contribution in [0, 0.1) is 35.2 Å². The first kappa shape index (κ1) is 17.7. The number of aromatic nitrogens is 2. The van der Waals surface area contributed by atoms with Crippen molar-refractivity contribution in [1.82, 2.24) is 9.97 Å². The van der Waals surface area contributed by atoms with Crippen LogP contribution in [0.4, 0.5) is 17.6 Å². The van der Waals surface area contributed by atoms with Gasteiger partial charge in [-0.25, -0.2) is 17.6 Å². The van der Waals surface area contributed by atoms with Crippen molar-refractivity contribution in [3.8, 4) is 0 Å². The molecule has 1 heterocycles. The van der Waals surface area contributed by atoms with E-state index in [4.69, 9.17) is 12.2 Å². The third-order valence-electron chi connectivity index (χ3n) is 2.58. The Bertz CT molecular complexity index is 750. The summed E-state index contributed by atoms with van der Waals surface area (Å²) in [5, 5.41) is 0. The molecule has 0 saturated heterocycles. The maximum atomic E-state index is 12.6. The van der Waals surface area contributed by atoms with E-state index in [0.717, 1.165) is 11.0 Å². The van der Waals surface area contributed by atoms with Gasteiger partial charge in [0.15, 0.2) is 28.0 Å². The molecule has 2 N–H and O–H groups in total. The highest BCUT2D eigenvalue weighted by molar-refractivity contribution is 14.1. The van der Waals surface area contributed by atoms with Crippen molar-refractivity contribution in [2.24, 2.45) is 0 Å². The average molecular weight is 552 g/mol. The molecule has 0 aliphatic carbocycles. The number of fused-ring (bicyclic) bond motifs is 1. The number of aromatic amines is 2. The maximum Gasteiger partial charge on any atom is 0.198 e. The molecule has 22 heavy (non-hydrogen) atoms. The predicted molar refractivity (Wildman–Crippen MR) is 95.2 cm³/mol. The smallest absolute Gasteiger partial charge is 0.198 e. The molecular weight excluding hydrogens is 546 g/mol. The Labute approximate surface area is 154 Å². The monoisotopic (exact) mass is 552 g/mol. The topological polar surface area (TPSA) is 31.6 Å². The molecule has 0 fully saturated rings. The van der Waals surface area contributed by atoms with Gasteiger partial charge in [-0.1, -0.05) is 12.1 Å². The summed E-state index contributed by atoms with van der Waals surface area (Å²) in [6.07, 6.45) is 0. The molecule has 0 atom stereocenters. The van der Waals surface area contributed by atoms with Crippen LogP contribution in [-0.4, -0.2) is 9.97 Å². The molecule has 2 aromatic carbocycles. The van der Waals surface area contributed by atoms with Crippen molar-refractivity contribution < 1.29 is 17.6 Å². The lowest BCUT2D eigenvalue weighted by molar-refractivity contribution is 0.402. The van der Waals surface area contributed by atoms with E-state index in [2.05, 4.69) is 9.97 Å². The molecule has 1 aromatic heterocycles. The maximum absolute atomic E-state index is 12.6. The fourth-order valence-electron chi connectivity index (χ4n) is 1.56. The van der Waals surface area contributed by atoms with E-state index in [-0.39, 0.29) is 7.14 Å². The molecular formula is C13H6F4I2N2S. The zero-order valence-electron chi connectivity index (χ0n) is 10.5. The van der Waals surface area contributed by atoms with Gasteiger partial charge < -0.3 is 9.97 Å². The molecule has 116 valence electrons. The second kappa shape index (κ2) is 7.25. The first-order valence-corrected chi connectivity index (χ1v) is 8.23. The third-order valence-corrected chi connectivity index (χ3v) is 5.84. The van der Waals surface area contributed by atoms with E-state index in [1.54, 1.807) is 0 Å². The Hall–Kier alpha value is -0.690. The highest BCUT2D eigenvalue weighted by Gasteiger charge is 2.21. The summed E-state index contributed by atoms with van der Waals surface area (Å²) in [5.41, 5.74) is 2.13. The van der Waals surface area contributed by atoms with Crippen molar-refractivity contribution in [1.29, 1.82) is 0 Å². The van der Waals surface area contributed by atoms with Gasteiger partial charge >= 0.3 is 0 Å². The fourth-order valence-corrected chi connectivity index (χ4v) is 2.72. The molecule has 0 bridgehead atoms. The minimum Gasteiger partial charge on any atom is -0.331 e. The van der Waals surface area contributed by atoms with E-state index in [9.17, 15) is 17.6 Å². The lowest BCUT2D eigenvalue weighted by Gasteiger charge is -2.02. The van der Waals surface area contributed by atoms with Gasteiger partial charge in [0.25, 0.3) is 0 Å². The minimum atomic E-state index is -1.77. The number of para-hydroxylation sites is 2. The van der Waals surface area contributed by atoms with E-state index in [1.807, 2.05) is 24.3 Å². The predicted octanol–water partition coefficient (Wildman–Crippen LogP) is 5.68. The number of imidazole rings is 1. The Kier molecular flexibility index (Phi) is 5.82. The van der Waals surface area contributed by atoms with Crippen molar-refractivity contribution in [3.05, 3.63) is 59.4 Å². The van der Waals surface area contributed by atoms with Crippen LogP contribution in [-0.2, 0) is 0 Å². The lowest BCUT2D eigenvalue weighted by atomic mass is 10.3. The van der Waals surface area contributed by atoms with E-state index >= 15 is 0 Å². The standard InChI is InChI=1S/C7H6N2S.C6F4I2/c10-7-8-5-3-1-2-4-6(5)9-7;7-1-2(8)4(10)6(12)5(11)3(1)9/h1-4H,(H2,8,9,10);. The Balaban J connectivity index is 0.000000162. The highest BCUT2D eigenvalue weighted by Crippen LogP contribution is 2.26. The summed E-state index contributed by atoms with van der Waals surface area (Å²) in [4.78, 5) is 6.04. The van der Waals surface area contributed by atoms with Gasteiger partial charge in [-0.2, -0.15) is 0 Å². The number of halogens is 6. The lowest BCUT2D eigenvalue weighted by Crippen LogP contribution is -2.02. The largest absolute Gasteiger partial charge is 0.331 e. The molecule has 0 unspecified atom stereocenters. The molecule has 2 nitrogen and oxygen atoms in total. The van der Waals surface area contributed by atoms with Gasteiger partial charge in [-0.3, -0.25) is 0 Å². The number of H-pyrrole nitrogens is 2. The van der Waals surface area contributed by atoms with Gasteiger partial charge in [0.05, 0.1) is 18.2 Å². The molecule has 0 radical (unpaired) electrons. The van der Waals surface area contributed by atoms with Crippen molar-refractivity contribution in [3.63, 3.8) is 0 Å². The van der Waals surface area contributed by atoms with Gasteiger partial charge in [0.1, 0.15) is 0 Å². The zero-order valence-corrected chi connectivity index (χ0v) is 15.6. The number of rotatable bonds is 0. The van der Waals surface area contributed by atoms with Crippen LogP contribution in [0.3, 0.4) is 0 Å². The molecule has 0 spiro atoms. The molecule has 0 aliphatic heterocycles. The third kappa shape index (κ3) is 3.62. The van der Waals surface area contributed by atoms with Gasteiger partial charge in [0, 0.05) is 0 Å². The molecule has 9 heteroatoms. The van der Waals surface area contributed by atoms with Gasteiger partial charge in [-0.05, 0) is 69.5 Å². The molecule has 3 rings (SSSR count). The Morgan fingerprint density at radius 1 is 0.727 bits per heavy atom. The SMILES string of the molecule is Fc1c(F)c(F)c(I)c(I)c1F.S=c1[nH]c2ccccc2[nH]1.